The van der Waals surface area contributed by atoms with Gasteiger partial charge in [0.1, 0.15) is 6.54 Å². The third-order valence-electron chi connectivity index (χ3n) is 4.36. The molecule has 0 aromatic heterocycles. The van der Waals surface area contributed by atoms with E-state index < -0.39 is 0 Å². The lowest BCUT2D eigenvalue weighted by Crippen LogP contribution is -2.38. The molecule has 0 aliphatic carbocycles. The van der Waals surface area contributed by atoms with E-state index in [1.165, 1.54) is 4.90 Å². The molecule has 0 saturated heterocycles. The highest BCUT2D eigenvalue weighted by molar-refractivity contribution is 6.30. The Morgan fingerprint density at radius 2 is 1.80 bits per heavy atom. The Bertz CT molecular complexity index is 795. The fraction of sp³-hybridized carbons (Fsp3) is 0.200. The van der Waals surface area contributed by atoms with Gasteiger partial charge in [-0.1, -0.05) is 55.4 Å². The van der Waals surface area contributed by atoms with Crippen LogP contribution in [0.4, 0.5) is 0 Å². The first-order valence-electron chi connectivity index (χ1n) is 8.16. The van der Waals surface area contributed by atoms with Crippen molar-refractivity contribution in [2.24, 2.45) is 0 Å². The Labute approximate surface area is 152 Å². The summed E-state index contributed by atoms with van der Waals surface area (Å²) < 4.78 is 0. The molecule has 128 valence electrons. The van der Waals surface area contributed by atoms with E-state index in [9.17, 15) is 9.59 Å². The summed E-state index contributed by atoms with van der Waals surface area (Å²) in [6.07, 6.45) is 0.739. The number of halogens is 1. The molecule has 0 fully saturated rings. The first-order valence-corrected chi connectivity index (χ1v) is 8.54. The van der Waals surface area contributed by atoms with Crippen molar-refractivity contribution in [1.29, 1.82) is 0 Å². The quantitative estimate of drug-likeness (QED) is 0.881. The normalized spacial score (nSPS) is 14.4. The van der Waals surface area contributed by atoms with Gasteiger partial charge in [-0.3, -0.25) is 14.5 Å². The lowest BCUT2D eigenvalue weighted by Gasteiger charge is -2.21. The van der Waals surface area contributed by atoms with E-state index in [0.717, 1.165) is 17.5 Å². The molecule has 0 radical (unpaired) electrons. The van der Waals surface area contributed by atoms with Crippen LogP contribution in [-0.2, 0) is 4.79 Å². The van der Waals surface area contributed by atoms with Gasteiger partial charge in [0.2, 0.25) is 5.91 Å². The fourth-order valence-electron chi connectivity index (χ4n) is 3.00. The lowest BCUT2D eigenvalue weighted by atomic mass is 10.0. The van der Waals surface area contributed by atoms with Gasteiger partial charge in [-0.05, 0) is 30.2 Å². The van der Waals surface area contributed by atoms with E-state index in [1.807, 2.05) is 31.2 Å². The smallest absolute Gasteiger partial charge is 0.259 e. The second-order valence-corrected chi connectivity index (χ2v) is 6.40. The molecule has 2 aromatic carbocycles. The van der Waals surface area contributed by atoms with Crippen LogP contribution in [0.2, 0.25) is 5.02 Å². The molecule has 1 atom stereocenters. The Morgan fingerprint density at radius 1 is 1.16 bits per heavy atom. The fourth-order valence-corrected chi connectivity index (χ4v) is 3.13. The lowest BCUT2D eigenvalue weighted by molar-refractivity contribution is -0.122. The van der Waals surface area contributed by atoms with Gasteiger partial charge in [0.25, 0.3) is 5.91 Å². The number of amides is 2. The van der Waals surface area contributed by atoms with Crippen LogP contribution >= 0.6 is 11.6 Å². The van der Waals surface area contributed by atoms with Crippen molar-refractivity contribution in [3.63, 3.8) is 0 Å². The maximum absolute atomic E-state index is 12.5. The van der Waals surface area contributed by atoms with Crippen LogP contribution in [0.15, 0.2) is 55.1 Å². The van der Waals surface area contributed by atoms with Crippen LogP contribution in [0.25, 0.3) is 5.70 Å². The minimum Gasteiger partial charge on any atom is -0.348 e. The van der Waals surface area contributed by atoms with Gasteiger partial charge in [-0.25, -0.2) is 0 Å². The topological polar surface area (TPSA) is 49.4 Å². The standard InChI is InChI=1S/C20H19ClN2O2/c1-3-18(14-8-10-15(21)11-9-14)22-19(24)12-23-13(2)16-6-4-5-7-17(16)20(23)25/h4-11,18H,2-3,12H2,1H3,(H,22,24). The largest absolute Gasteiger partial charge is 0.348 e. The summed E-state index contributed by atoms with van der Waals surface area (Å²) in [5.74, 6) is -0.403. The molecule has 2 amide bonds. The molecule has 1 aliphatic heterocycles. The molecule has 3 rings (SSSR count). The van der Waals surface area contributed by atoms with Gasteiger partial charge in [-0.15, -0.1) is 0 Å². The molecule has 0 spiro atoms. The van der Waals surface area contributed by atoms with Crippen LogP contribution in [0, 0.1) is 0 Å². The molecule has 4 nitrogen and oxygen atoms in total. The second kappa shape index (κ2) is 7.11. The Kier molecular flexibility index (Phi) is 4.91. The zero-order valence-electron chi connectivity index (χ0n) is 14.0. The summed E-state index contributed by atoms with van der Waals surface area (Å²) >= 11 is 5.91. The molecule has 0 bridgehead atoms. The number of rotatable bonds is 5. The van der Waals surface area contributed by atoms with Gasteiger partial charge in [0, 0.05) is 21.8 Å². The number of hydrogen-bond acceptors (Lipinski definition) is 2. The predicted octanol–water partition coefficient (Wildman–Crippen LogP) is 4.03. The highest BCUT2D eigenvalue weighted by Gasteiger charge is 2.32. The SMILES string of the molecule is C=C1c2ccccc2C(=O)N1CC(=O)NC(CC)c1ccc(Cl)cc1. The zero-order chi connectivity index (χ0) is 18.0. The minimum atomic E-state index is -0.218. The first kappa shape index (κ1) is 17.2. The van der Waals surface area contributed by atoms with Crippen molar-refractivity contribution in [2.75, 3.05) is 6.54 Å². The molecule has 1 aliphatic rings. The summed E-state index contributed by atoms with van der Waals surface area (Å²) in [6.45, 7) is 5.91. The van der Waals surface area contributed by atoms with Gasteiger partial charge in [-0.2, -0.15) is 0 Å². The molecule has 1 heterocycles. The third-order valence-corrected chi connectivity index (χ3v) is 4.61. The van der Waals surface area contributed by atoms with Crippen LogP contribution in [-0.4, -0.2) is 23.3 Å². The van der Waals surface area contributed by atoms with E-state index in [0.29, 0.717) is 16.3 Å². The van der Waals surface area contributed by atoms with E-state index in [2.05, 4.69) is 11.9 Å². The molecular weight excluding hydrogens is 336 g/mol. The van der Waals surface area contributed by atoms with E-state index in [-0.39, 0.29) is 24.4 Å². The van der Waals surface area contributed by atoms with Crippen molar-refractivity contribution in [3.05, 3.63) is 76.8 Å². The van der Waals surface area contributed by atoms with Crippen molar-refractivity contribution in [3.8, 4) is 0 Å². The highest BCUT2D eigenvalue weighted by Crippen LogP contribution is 2.30. The average molecular weight is 355 g/mol. The van der Waals surface area contributed by atoms with E-state index >= 15 is 0 Å². The number of benzene rings is 2. The second-order valence-electron chi connectivity index (χ2n) is 5.96. The van der Waals surface area contributed by atoms with Gasteiger partial charge in [0.05, 0.1) is 6.04 Å². The molecular formula is C20H19ClN2O2. The van der Waals surface area contributed by atoms with E-state index in [1.54, 1.807) is 24.3 Å². The van der Waals surface area contributed by atoms with Crippen LogP contribution in [0.1, 0.15) is 40.9 Å². The number of carbonyl (C=O) groups excluding carboxylic acids is 2. The predicted molar refractivity (Wildman–Crippen MR) is 99.1 cm³/mol. The molecule has 25 heavy (non-hydrogen) atoms. The maximum Gasteiger partial charge on any atom is 0.259 e. The molecule has 1 unspecified atom stereocenters. The number of nitrogens with zero attached hydrogens (tertiary/aromatic N) is 1. The third kappa shape index (κ3) is 3.44. The Morgan fingerprint density at radius 3 is 2.40 bits per heavy atom. The van der Waals surface area contributed by atoms with Gasteiger partial charge < -0.3 is 5.32 Å². The van der Waals surface area contributed by atoms with Crippen molar-refractivity contribution in [1.82, 2.24) is 10.2 Å². The van der Waals surface area contributed by atoms with Crippen LogP contribution in [0.3, 0.4) is 0 Å². The monoisotopic (exact) mass is 354 g/mol. The summed E-state index contributed by atoms with van der Waals surface area (Å²) in [4.78, 5) is 26.4. The summed E-state index contributed by atoms with van der Waals surface area (Å²) in [6, 6.07) is 14.5. The Hall–Kier alpha value is -2.59. The first-order chi connectivity index (χ1) is 12.0. The molecule has 1 N–H and O–H groups in total. The van der Waals surface area contributed by atoms with Gasteiger partial charge >= 0.3 is 0 Å². The number of carbonyl (C=O) groups is 2. The highest BCUT2D eigenvalue weighted by atomic mass is 35.5. The van der Waals surface area contributed by atoms with Crippen molar-refractivity contribution in [2.45, 2.75) is 19.4 Å². The summed E-state index contributed by atoms with van der Waals surface area (Å²) in [5, 5.41) is 3.63. The van der Waals surface area contributed by atoms with E-state index in [4.69, 9.17) is 11.6 Å². The molecule has 0 saturated carbocycles. The minimum absolute atomic E-state index is 0.0452. The van der Waals surface area contributed by atoms with Crippen molar-refractivity contribution >= 4 is 29.1 Å². The average Bonchev–Trinajstić information content (AvgIpc) is 2.86. The summed E-state index contributed by atoms with van der Waals surface area (Å²) in [7, 11) is 0. The summed E-state index contributed by atoms with van der Waals surface area (Å²) in [5.41, 5.74) is 2.92. The van der Waals surface area contributed by atoms with Crippen LogP contribution in [0.5, 0.6) is 0 Å². The van der Waals surface area contributed by atoms with Crippen LogP contribution < -0.4 is 5.32 Å². The number of nitrogens with one attached hydrogen (secondary N) is 1. The van der Waals surface area contributed by atoms with Gasteiger partial charge in [0.15, 0.2) is 0 Å². The Balaban J connectivity index is 1.69. The molecule has 2 aromatic rings. The zero-order valence-corrected chi connectivity index (χ0v) is 14.7. The van der Waals surface area contributed by atoms with Crippen molar-refractivity contribution < 1.29 is 9.59 Å². The number of hydrogen-bond donors (Lipinski definition) is 1. The molecule has 5 heteroatoms. The maximum atomic E-state index is 12.5. The number of fused-ring (bicyclic) bond motifs is 1.